The predicted octanol–water partition coefficient (Wildman–Crippen LogP) is 2.84. The van der Waals surface area contributed by atoms with Crippen LogP contribution in [-0.4, -0.2) is 34.4 Å². The van der Waals surface area contributed by atoms with E-state index in [1.165, 1.54) is 0 Å². The fourth-order valence-corrected chi connectivity index (χ4v) is 3.25. The van der Waals surface area contributed by atoms with Crippen molar-refractivity contribution in [2.24, 2.45) is 10.9 Å². The minimum Gasteiger partial charge on any atom is -0.409 e. The molecule has 3 N–H and O–H groups in total. The number of amides is 1. The molecule has 0 saturated carbocycles. The Bertz CT molecular complexity index is 530. The lowest BCUT2D eigenvalue weighted by molar-refractivity contribution is 0.0676. The minimum absolute atomic E-state index is 0.0687. The molecule has 0 spiro atoms. The number of nitrogens with two attached hydrogens (primary N) is 1. The lowest BCUT2D eigenvalue weighted by atomic mass is 10.00. The Kier molecular flexibility index (Phi) is 4.88. The summed E-state index contributed by atoms with van der Waals surface area (Å²) in [6.07, 6.45) is 2.55. The maximum atomic E-state index is 12.6. The maximum Gasteiger partial charge on any atom is 0.254 e. The van der Waals surface area contributed by atoms with Crippen LogP contribution >= 0.6 is 27.5 Å². The molecule has 7 heteroatoms. The first-order chi connectivity index (χ1) is 9.52. The van der Waals surface area contributed by atoms with Crippen molar-refractivity contribution in [2.45, 2.75) is 25.3 Å². The SMILES string of the molecule is N/C(=N/O)C1CCCCN1C(=O)c1cc(Cl)cc(Br)c1. The van der Waals surface area contributed by atoms with E-state index >= 15 is 0 Å². The zero-order valence-electron chi connectivity index (χ0n) is 10.7. The van der Waals surface area contributed by atoms with Crippen LogP contribution in [0.1, 0.15) is 29.6 Å². The average molecular weight is 361 g/mol. The first-order valence-corrected chi connectivity index (χ1v) is 7.44. The van der Waals surface area contributed by atoms with Gasteiger partial charge in [0.05, 0.1) is 6.04 Å². The van der Waals surface area contributed by atoms with Gasteiger partial charge in [-0.05, 0) is 37.5 Å². The zero-order valence-corrected chi connectivity index (χ0v) is 13.1. The van der Waals surface area contributed by atoms with Crippen molar-refractivity contribution in [3.8, 4) is 0 Å². The van der Waals surface area contributed by atoms with Gasteiger partial charge in [0.2, 0.25) is 0 Å². The number of benzene rings is 1. The monoisotopic (exact) mass is 359 g/mol. The highest BCUT2D eigenvalue weighted by Crippen LogP contribution is 2.24. The Hall–Kier alpha value is -1.27. The topological polar surface area (TPSA) is 78.9 Å². The van der Waals surface area contributed by atoms with Gasteiger partial charge < -0.3 is 15.8 Å². The third-order valence-electron chi connectivity index (χ3n) is 3.33. The summed E-state index contributed by atoms with van der Waals surface area (Å²) in [5.41, 5.74) is 6.17. The van der Waals surface area contributed by atoms with Crippen molar-refractivity contribution in [3.63, 3.8) is 0 Å². The summed E-state index contributed by atoms with van der Waals surface area (Å²) in [7, 11) is 0. The van der Waals surface area contributed by atoms with Crippen LogP contribution in [0.3, 0.4) is 0 Å². The van der Waals surface area contributed by atoms with E-state index < -0.39 is 0 Å². The molecular weight excluding hydrogens is 346 g/mol. The molecule has 1 atom stereocenters. The molecule has 1 amide bonds. The van der Waals surface area contributed by atoms with Crippen LogP contribution in [0.2, 0.25) is 5.02 Å². The molecule has 1 aliphatic rings. The molecule has 0 aliphatic carbocycles. The summed E-state index contributed by atoms with van der Waals surface area (Å²) in [6, 6.07) is 4.69. The van der Waals surface area contributed by atoms with E-state index in [-0.39, 0.29) is 17.8 Å². The van der Waals surface area contributed by atoms with Crippen molar-refractivity contribution >= 4 is 39.3 Å². The Morgan fingerprint density at radius 3 is 2.85 bits per heavy atom. The van der Waals surface area contributed by atoms with E-state index in [1.807, 2.05) is 0 Å². The highest BCUT2D eigenvalue weighted by molar-refractivity contribution is 9.10. The summed E-state index contributed by atoms with van der Waals surface area (Å²) < 4.78 is 0.741. The molecular formula is C13H15BrClN3O2. The summed E-state index contributed by atoms with van der Waals surface area (Å²) in [5, 5.41) is 12.4. The normalized spacial score (nSPS) is 20.0. The second-order valence-corrected chi connectivity index (χ2v) is 6.05. The van der Waals surface area contributed by atoms with Gasteiger partial charge in [0, 0.05) is 21.6 Å². The molecule has 1 aromatic rings. The van der Waals surface area contributed by atoms with Gasteiger partial charge in [-0.2, -0.15) is 0 Å². The fraction of sp³-hybridized carbons (Fsp3) is 0.385. The molecule has 0 radical (unpaired) electrons. The number of piperidine rings is 1. The van der Waals surface area contributed by atoms with E-state index in [9.17, 15) is 4.79 Å². The van der Waals surface area contributed by atoms with Gasteiger partial charge in [0.15, 0.2) is 5.84 Å². The Morgan fingerprint density at radius 2 is 2.20 bits per heavy atom. The van der Waals surface area contributed by atoms with E-state index in [2.05, 4.69) is 21.1 Å². The van der Waals surface area contributed by atoms with E-state index in [0.29, 0.717) is 23.6 Å². The number of carbonyl (C=O) groups excluding carboxylic acids is 1. The predicted molar refractivity (Wildman–Crippen MR) is 81.2 cm³/mol. The number of likely N-dealkylation sites (tertiary alicyclic amines) is 1. The van der Waals surface area contributed by atoms with Crippen molar-refractivity contribution in [1.82, 2.24) is 4.90 Å². The number of carbonyl (C=O) groups is 1. The number of oxime groups is 1. The minimum atomic E-state index is -0.362. The summed E-state index contributed by atoms with van der Waals surface area (Å²) in [5.74, 6) is -0.0938. The van der Waals surface area contributed by atoms with E-state index in [0.717, 1.165) is 17.3 Å². The van der Waals surface area contributed by atoms with Crippen LogP contribution in [0.25, 0.3) is 0 Å². The first-order valence-electron chi connectivity index (χ1n) is 6.27. The molecule has 5 nitrogen and oxygen atoms in total. The molecule has 0 bridgehead atoms. The molecule has 1 heterocycles. The zero-order chi connectivity index (χ0) is 14.7. The summed E-state index contributed by atoms with van der Waals surface area (Å²) >= 11 is 9.29. The van der Waals surface area contributed by atoms with Gasteiger partial charge >= 0.3 is 0 Å². The lowest BCUT2D eigenvalue weighted by Crippen LogP contribution is -2.50. The second-order valence-electron chi connectivity index (χ2n) is 4.69. The van der Waals surface area contributed by atoms with Gasteiger partial charge in [-0.3, -0.25) is 4.79 Å². The molecule has 108 valence electrons. The molecule has 0 aromatic heterocycles. The second kappa shape index (κ2) is 6.45. The Labute approximate surface area is 130 Å². The Morgan fingerprint density at radius 1 is 1.45 bits per heavy atom. The van der Waals surface area contributed by atoms with Gasteiger partial charge in [-0.25, -0.2) is 0 Å². The number of amidine groups is 1. The number of rotatable bonds is 2. The number of nitrogens with zero attached hydrogens (tertiary/aromatic N) is 2. The summed E-state index contributed by atoms with van der Waals surface area (Å²) in [4.78, 5) is 14.2. The third kappa shape index (κ3) is 3.24. The van der Waals surface area contributed by atoms with Gasteiger partial charge in [0.25, 0.3) is 5.91 Å². The number of hydrogen-bond acceptors (Lipinski definition) is 3. The van der Waals surface area contributed by atoms with Crippen LogP contribution in [0, 0.1) is 0 Å². The lowest BCUT2D eigenvalue weighted by Gasteiger charge is -2.34. The standard InChI is InChI=1S/C13H15BrClN3O2/c14-9-5-8(6-10(15)7-9)13(19)18-4-2-1-3-11(18)12(16)17-20/h5-7,11,20H,1-4H2,(H2,16,17). The first kappa shape index (κ1) is 15.1. The van der Waals surface area contributed by atoms with Gasteiger partial charge in [-0.15, -0.1) is 0 Å². The van der Waals surface area contributed by atoms with Gasteiger partial charge in [-0.1, -0.05) is 32.7 Å². The van der Waals surface area contributed by atoms with Crippen LogP contribution in [-0.2, 0) is 0 Å². The van der Waals surface area contributed by atoms with Gasteiger partial charge in [0.1, 0.15) is 0 Å². The highest BCUT2D eigenvalue weighted by atomic mass is 79.9. The van der Waals surface area contributed by atoms with Crippen LogP contribution in [0.15, 0.2) is 27.8 Å². The third-order valence-corrected chi connectivity index (χ3v) is 4.01. The highest BCUT2D eigenvalue weighted by Gasteiger charge is 2.30. The smallest absolute Gasteiger partial charge is 0.254 e. The van der Waals surface area contributed by atoms with Crippen molar-refractivity contribution in [2.75, 3.05) is 6.54 Å². The fourth-order valence-electron chi connectivity index (χ4n) is 2.39. The Balaban J connectivity index is 2.29. The van der Waals surface area contributed by atoms with E-state index in [1.54, 1.807) is 23.1 Å². The summed E-state index contributed by atoms with van der Waals surface area (Å²) in [6.45, 7) is 0.587. The molecule has 20 heavy (non-hydrogen) atoms. The van der Waals surface area contributed by atoms with Crippen LogP contribution in [0.5, 0.6) is 0 Å². The quantitative estimate of drug-likeness (QED) is 0.368. The van der Waals surface area contributed by atoms with Crippen molar-refractivity contribution in [3.05, 3.63) is 33.3 Å². The van der Waals surface area contributed by atoms with E-state index in [4.69, 9.17) is 22.5 Å². The molecule has 1 unspecified atom stereocenters. The number of halogens is 2. The number of hydrogen-bond donors (Lipinski definition) is 2. The average Bonchev–Trinajstić information content (AvgIpc) is 2.44. The maximum absolute atomic E-state index is 12.6. The van der Waals surface area contributed by atoms with Crippen LogP contribution < -0.4 is 5.73 Å². The largest absolute Gasteiger partial charge is 0.409 e. The van der Waals surface area contributed by atoms with Crippen molar-refractivity contribution < 1.29 is 10.0 Å². The van der Waals surface area contributed by atoms with Crippen molar-refractivity contribution in [1.29, 1.82) is 0 Å². The van der Waals surface area contributed by atoms with Crippen LogP contribution in [0.4, 0.5) is 0 Å². The molecule has 1 aliphatic heterocycles. The molecule has 1 saturated heterocycles. The molecule has 1 aromatic carbocycles. The molecule has 2 rings (SSSR count). The molecule has 1 fully saturated rings.